The molecular weight excluding hydrogens is 552 g/mol. The topological polar surface area (TPSA) is 110 Å². The minimum atomic E-state index is -0.280. The number of fused-ring (bicyclic) bond motifs is 8. The lowest BCUT2D eigenvalue weighted by Gasteiger charge is -2.04. The maximum absolute atomic E-state index is 12.2. The van der Waals surface area contributed by atoms with Gasteiger partial charge in [0.15, 0.2) is 0 Å². The number of H-pyrrole nitrogens is 2. The Bertz CT molecular complexity index is 1950. The molecule has 8 heteroatoms. The summed E-state index contributed by atoms with van der Waals surface area (Å²) >= 11 is 0. The van der Waals surface area contributed by atoms with Crippen LogP contribution in [0.4, 0.5) is 0 Å². The van der Waals surface area contributed by atoms with Crippen LogP contribution in [-0.2, 0) is 25.5 Å². The SMILES string of the molecule is C=CC1=C(C)c2cc3[nH]c(cc4nc(cc5[nH]c(cc1n2)c(C)c5CCC(=O)OC)C(CCC(=O)OC)=C4C)c(C)c3C=C. The van der Waals surface area contributed by atoms with Crippen molar-refractivity contribution in [2.45, 2.75) is 53.4 Å². The molecule has 0 unspecified atom stereocenters. The number of aromatic amines is 2. The number of esters is 2. The van der Waals surface area contributed by atoms with Crippen molar-refractivity contribution in [3.8, 4) is 0 Å². The number of allylic oxidation sites excluding steroid dienone is 5. The third kappa shape index (κ3) is 5.55. The number of carbonyl (C=O) groups is 2. The predicted molar refractivity (Wildman–Crippen MR) is 177 cm³/mol. The van der Waals surface area contributed by atoms with Crippen molar-refractivity contribution < 1.29 is 19.1 Å². The second-order valence-corrected chi connectivity index (χ2v) is 11.1. The summed E-state index contributed by atoms with van der Waals surface area (Å²) < 4.78 is 9.88. The van der Waals surface area contributed by atoms with Gasteiger partial charge in [-0.3, -0.25) is 9.59 Å². The van der Waals surface area contributed by atoms with Gasteiger partial charge in [-0.1, -0.05) is 25.3 Å². The van der Waals surface area contributed by atoms with Gasteiger partial charge >= 0.3 is 11.9 Å². The molecule has 3 aromatic rings. The molecule has 2 aliphatic rings. The van der Waals surface area contributed by atoms with E-state index < -0.39 is 0 Å². The van der Waals surface area contributed by atoms with Gasteiger partial charge in [0.05, 0.1) is 37.0 Å². The molecule has 44 heavy (non-hydrogen) atoms. The highest BCUT2D eigenvalue weighted by Gasteiger charge is 2.21. The number of ether oxygens (including phenoxy) is 2. The first-order valence-electron chi connectivity index (χ1n) is 14.6. The van der Waals surface area contributed by atoms with Crippen molar-refractivity contribution in [1.29, 1.82) is 0 Å². The molecule has 0 atom stereocenters. The summed E-state index contributed by atoms with van der Waals surface area (Å²) in [5, 5.41) is 0. The summed E-state index contributed by atoms with van der Waals surface area (Å²) in [5.74, 6) is -0.558. The van der Waals surface area contributed by atoms with E-state index in [1.54, 1.807) is 0 Å². The van der Waals surface area contributed by atoms with Crippen molar-refractivity contribution in [2.75, 3.05) is 14.2 Å². The Morgan fingerprint density at radius 3 is 1.91 bits per heavy atom. The second-order valence-electron chi connectivity index (χ2n) is 11.1. The molecule has 5 heterocycles. The predicted octanol–water partition coefficient (Wildman–Crippen LogP) is 7.68. The molecule has 0 fully saturated rings. The number of rotatable bonds is 8. The van der Waals surface area contributed by atoms with Gasteiger partial charge in [0, 0.05) is 46.0 Å². The fourth-order valence-corrected chi connectivity index (χ4v) is 5.96. The molecule has 0 aromatic carbocycles. The summed E-state index contributed by atoms with van der Waals surface area (Å²) in [6.45, 7) is 16.3. The molecule has 0 saturated heterocycles. The maximum atomic E-state index is 12.2. The van der Waals surface area contributed by atoms with E-state index in [1.807, 2.05) is 50.3 Å². The number of hydrogen-bond acceptors (Lipinski definition) is 6. The Balaban J connectivity index is 1.90. The minimum Gasteiger partial charge on any atom is -0.469 e. The van der Waals surface area contributed by atoms with Gasteiger partial charge in [0.2, 0.25) is 0 Å². The number of aryl methyl sites for hydroxylation is 3. The Hall–Kier alpha value is -4.98. The van der Waals surface area contributed by atoms with Gasteiger partial charge in [0.1, 0.15) is 0 Å². The van der Waals surface area contributed by atoms with Gasteiger partial charge in [-0.15, -0.1) is 0 Å². The molecule has 3 aromatic heterocycles. The Morgan fingerprint density at radius 1 is 0.705 bits per heavy atom. The zero-order valence-corrected chi connectivity index (χ0v) is 26.2. The molecular formula is C36H38N4O4. The van der Waals surface area contributed by atoms with Crippen LogP contribution in [0.15, 0.2) is 43.5 Å². The minimum absolute atomic E-state index is 0.233. The highest BCUT2D eigenvalue weighted by molar-refractivity contribution is 5.98. The van der Waals surface area contributed by atoms with Crippen molar-refractivity contribution in [3.05, 3.63) is 88.5 Å². The van der Waals surface area contributed by atoms with E-state index in [9.17, 15) is 9.59 Å². The normalized spacial score (nSPS) is 12.9. The molecule has 0 aliphatic carbocycles. The molecule has 8 nitrogen and oxygen atoms in total. The van der Waals surface area contributed by atoms with Gasteiger partial charge in [0.25, 0.3) is 0 Å². The van der Waals surface area contributed by atoms with E-state index in [4.69, 9.17) is 19.4 Å². The van der Waals surface area contributed by atoms with E-state index in [0.29, 0.717) is 12.8 Å². The zero-order valence-electron chi connectivity index (χ0n) is 26.2. The average molecular weight is 591 g/mol. The smallest absolute Gasteiger partial charge is 0.305 e. The van der Waals surface area contributed by atoms with Crippen LogP contribution in [0.1, 0.15) is 78.1 Å². The van der Waals surface area contributed by atoms with Crippen LogP contribution in [-0.4, -0.2) is 46.1 Å². The molecule has 2 aliphatic heterocycles. The first kappa shape index (κ1) is 30.5. The molecule has 2 N–H and O–H groups in total. The van der Waals surface area contributed by atoms with Crippen LogP contribution in [0.5, 0.6) is 0 Å². The molecule has 0 radical (unpaired) electrons. The van der Waals surface area contributed by atoms with Gasteiger partial charge in [-0.25, -0.2) is 9.97 Å². The van der Waals surface area contributed by atoms with Crippen molar-refractivity contribution in [1.82, 2.24) is 19.9 Å². The van der Waals surface area contributed by atoms with Crippen LogP contribution < -0.4 is 0 Å². The van der Waals surface area contributed by atoms with Crippen LogP contribution in [0.25, 0.3) is 50.4 Å². The lowest BCUT2D eigenvalue weighted by molar-refractivity contribution is -0.141. The standard InChI is InChI=1S/C36H38N4O4/c1-9-23-19(3)27-15-28-21(5)25(11-13-35(41)43-7)33(39-28)18-34-26(12-14-36(42)44-8)22(6)30(40-34)17-32-24(10-2)20(4)29(38-32)16-31(23)37-27/h9-10,15-18,37,40H,1-2,11-14H2,3-8H3. The maximum Gasteiger partial charge on any atom is 0.305 e. The fourth-order valence-electron chi connectivity index (χ4n) is 5.96. The molecule has 8 bridgehead atoms. The number of aromatic nitrogens is 4. The second kappa shape index (κ2) is 12.3. The monoisotopic (exact) mass is 590 g/mol. The first-order chi connectivity index (χ1) is 21.1. The average Bonchev–Trinajstić information content (AvgIpc) is 3.67. The molecule has 5 rings (SSSR count). The summed E-state index contributed by atoms with van der Waals surface area (Å²) in [5.41, 5.74) is 14.7. The number of hydrogen-bond donors (Lipinski definition) is 2. The van der Waals surface area contributed by atoms with Crippen molar-refractivity contribution in [2.24, 2.45) is 0 Å². The fraction of sp³-hybridized carbons (Fsp3) is 0.278. The van der Waals surface area contributed by atoms with Gasteiger partial charge in [-0.05, 0) is 98.2 Å². The lowest BCUT2D eigenvalue weighted by Crippen LogP contribution is -2.02. The van der Waals surface area contributed by atoms with E-state index >= 15 is 0 Å². The third-order valence-corrected chi connectivity index (χ3v) is 8.66. The zero-order chi connectivity index (χ0) is 31.7. The first-order valence-corrected chi connectivity index (χ1v) is 14.6. The third-order valence-electron chi connectivity index (χ3n) is 8.66. The number of nitrogens with one attached hydrogen (secondary N) is 2. The number of nitrogens with zero attached hydrogens (tertiary/aromatic N) is 2. The van der Waals surface area contributed by atoms with E-state index in [1.165, 1.54) is 14.2 Å². The van der Waals surface area contributed by atoms with Crippen LogP contribution in [0.3, 0.4) is 0 Å². The van der Waals surface area contributed by atoms with Gasteiger partial charge in [-0.2, -0.15) is 0 Å². The van der Waals surface area contributed by atoms with Crippen LogP contribution in [0, 0.1) is 13.8 Å². The summed E-state index contributed by atoms with van der Waals surface area (Å²) in [6.07, 6.45) is 5.12. The van der Waals surface area contributed by atoms with Crippen LogP contribution in [0.2, 0.25) is 0 Å². The largest absolute Gasteiger partial charge is 0.469 e. The summed E-state index contributed by atoms with van der Waals surface area (Å²) in [7, 11) is 2.79. The highest BCUT2D eigenvalue weighted by Crippen LogP contribution is 2.36. The van der Waals surface area contributed by atoms with Crippen molar-refractivity contribution >= 4 is 62.4 Å². The van der Waals surface area contributed by atoms with E-state index in [0.717, 1.165) is 89.4 Å². The summed E-state index contributed by atoms with van der Waals surface area (Å²) in [6, 6.07) is 8.14. The van der Waals surface area contributed by atoms with Gasteiger partial charge < -0.3 is 19.4 Å². The molecule has 226 valence electrons. The van der Waals surface area contributed by atoms with E-state index in [2.05, 4.69) is 37.0 Å². The lowest BCUT2D eigenvalue weighted by atomic mass is 10.00. The highest BCUT2D eigenvalue weighted by atomic mass is 16.5. The Labute approximate surface area is 257 Å². The van der Waals surface area contributed by atoms with E-state index in [-0.39, 0.29) is 24.8 Å². The molecule has 0 amide bonds. The Kier molecular flexibility index (Phi) is 8.54. The summed E-state index contributed by atoms with van der Waals surface area (Å²) in [4.78, 5) is 41.6. The molecule has 0 saturated carbocycles. The number of methoxy groups -OCH3 is 2. The Morgan fingerprint density at radius 2 is 1.25 bits per heavy atom. The quantitative estimate of drug-likeness (QED) is 0.260. The van der Waals surface area contributed by atoms with Crippen molar-refractivity contribution in [3.63, 3.8) is 0 Å². The molecule has 0 spiro atoms. The van der Waals surface area contributed by atoms with Crippen LogP contribution >= 0.6 is 0 Å². The number of carbonyl (C=O) groups excluding carboxylic acids is 2.